The van der Waals surface area contributed by atoms with E-state index in [-0.39, 0.29) is 12.5 Å². The third-order valence-electron chi connectivity index (χ3n) is 6.08. The Hall–Kier alpha value is -2.54. The van der Waals surface area contributed by atoms with Gasteiger partial charge in [0.05, 0.1) is 6.61 Å². The van der Waals surface area contributed by atoms with Crippen molar-refractivity contribution in [3.63, 3.8) is 0 Å². The van der Waals surface area contributed by atoms with E-state index in [0.717, 1.165) is 22.4 Å². The molecule has 0 radical (unpaired) electrons. The summed E-state index contributed by atoms with van der Waals surface area (Å²) in [5.74, 6) is -0.108. The van der Waals surface area contributed by atoms with Crippen LogP contribution in [0, 0.1) is 6.92 Å². The summed E-state index contributed by atoms with van der Waals surface area (Å²) in [6, 6.07) is 17.9. The number of para-hydroxylation sites is 1. The van der Waals surface area contributed by atoms with Gasteiger partial charge in [-0.2, -0.15) is 0 Å². The zero-order valence-corrected chi connectivity index (χ0v) is 23.3. The molecule has 3 aromatic carbocycles. The van der Waals surface area contributed by atoms with Crippen LogP contribution in [0.15, 0.2) is 79.4 Å². The Labute approximate surface area is 236 Å². The molecule has 1 amide bonds. The first-order chi connectivity index (χ1) is 17.7. The van der Waals surface area contributed by atoms with Crippen molar-refractivity contribution >= 4 is 58.0 Å². The van der Waals surface area contributed by atoms with Crippen LogP contribution in [0.3, 0.4) is 0 Å². The van der Waals surface area contributed by atoms with Crippen LogP contribution >= 0.6 is 46.4 Å². The summed E-state index contributed by atoms with van der Waals surface area (Å²) in [5.41, 5.74) is 3.41. The van der Waals surface area contributed by atoms with Crippen molar-refractivity contribution in [1.29, 1.82) is 0 Å². The summed E-state index contributed by atoms with van der Waals surface area (Å²) in [6.45, 7) is 4.52. The SMILES string of the molecule is Cc1ccccc1NC(=O)C(C)n1cc[n+](CC(OCc2ccc(Cl)cc2Cl)c2ccc(Cl)cc2Cl)c1. The van der Waals surface area contributed by atoms with E-state index in [4.69, 9.17) is 51.1 Å². The Kier molecular flexibility index (Phi) is 9.17. The van der Waals surface area contributed by atoms with E-state index in [1.54, 1.807) is 24.3 Å². The van der Waals surface area contributed by atoms with Crippen LogP contribution in [0.4, 0.5) is 5.69 Å². The maximum Gasteiger partial charge on any atom is 0.269 e. The molecule has 2 unspecified atom stereocenters. The van der Waals surface area contributed by atoms with Gasteiger partial charge in [-0.1, -0.05) is 76.7 Å². The highest BCUT2D eigenvalue weighted by Crippen LogP contribution is 2.31. The lowest BCUT2D eigenvalue weighted by molar-refractivity contribution is -0.705. The van der Waals surface area contributed by atoms with Crippen LogP contribution in [0.2, 0.25) is 20.1 Å². The number of imidazole rings is 1. The predicted molar refractivity (Wildman–Crippen MR) is 150 cm³/mol. The minimum Gasteiger partial charge on any atom is -0.365 e. The van der Waals surface area contributed by atoms with E-state index in [2.05, 4.69) is 5.32 Å². The van der Waals surface area contributed by atoms with Crippen LogP contribution in [0.5, 0.6) is 0 Å². The van der Waals surface area contributed by atoms with Gasteiger partial charge in [0, 0.05) is 31.3 Å². The van der Waals surface area contributed by atoms with Gasteiger partial charge in [-0.25, -0.2) is 9.13 Å². The van der Waals surface area contributed by atoms with E-state index in [0.29, 0.717) is 26.6 Å². The number of hydrogen-bond donors (Lipinski definition) is 1. The van der Waals surface area contributed by atoms with E-state index >= 15 is 0 Å². The van der Waals surface area contributed by atoms with Crippen LogP contribution in [-0.4, -0.2) is 10.5 Å². The minimum absolute atomic E-state index is 0.108. The standard InChI is InChI=1S/C28H25Cl4N3O2/c1-18-5-3-4-6-26(18)33-28(36)19(2)35-12-11-34(17-35)15-27(23-10-9-22(30)14-25(23)32)37-16-20-7-8-21(29)13-24(20)31/h3-14,17,19,27H,15-16H2,1-2H3/p+1. The van der Waals surface area contributed by atoms with Gasteiger partial charge >= 0.3 is 0 Å². The third kappa shape index (κ3) is 7.07. The number of carbonyl (C=O) groups excluding carboxylic acids is 1. The van der Waals surface area contributed by atoms with Gasteiger partial charge in [0.15, 0.2) is 6.04 Å². The van der Waals surface area contributed by atoms with Crippen molar-refractivity contribution in [2.75, 3.05) is 5.32 Å². The lowest BCUT2D eigenvalue weighted by atomic mass is 10.1. The number of hydrogen-bond acceptors (Lipinski definition) is 2. The second-order valence-electron chi connectivity index (χ2n) is 8.74. The topological polar surface area (TPSA) is 47.1 Å². The quantitative estimate of drug-likeness (QED) is 0.206. The zero-order chi connectivity index (χ0) is 26.5. The molecule has 4 rings (SSSR count). The van der Waals surface area contributed by atoms with Gasteiger partial charge in [0.1, 0.15) is 25.0 Å². The molecule has 9 heteroatoms. The Morgan fingerprint density at radius 1 is 1.00 bits per heavy atom. The van der Waals surface area contributed by atoms with Crippen LogP contribution < -0.4 is 9.88 Å². The fourth-order valence-electron chi connectivity index (χ4n) is 3.86. The molecular weight excluding hydrogens is 552 g/mol. The molecule has 0 saturated heterocycles. The van der Waals surface area contributed by atoms with E-state index < -0.39 is 12.1 Å². The molecule has 0 saturated carbocycles. The zero-order valence-electron chi connectivity index (χ0n) is 20.3. The summed E-state index contributed by atoms with van der Waals surface area (Å²) in [4.78, 5) is 12.9. The number of ether oxygens (including phenoxy) is 1. The van der Waals surface area contributed by atoms with Crippen molar-refractivity contribution in [2.45, 2.75) is 39.1 Å². The Bertz CT molecular complexity index is 1410. The predicted octanol–water partition coefficient (Wildman–Crippen LogP) is 7.86. The van der Waals surface area contributed by atoms with Gasteiger partial charge in [0.2, 0.25) is 6.33 Å². The lowest BCUT2D eigenvalue weighted by Crippen LogP contribution is -2.36. The van der Waals surface area contributed by atoms with Crippen molar-refractivity contribution in [3.8, 4) is 0 Å². The van der Waals surface area contributed by atoms with Crippen LogP contribution in [0.25, 0.3) is 0 Å². The number of anilines is 1. The summed E-state index contributed by atoms with van der Waals surface area (Å²) in [6.07, 6.45) is 5.22. The number of aryl methyl sites for hydroxylation is 1. The fourth-order valence-corrected chi connectivity index (χ4v) is 4.85. The number of nitrogens with one attached hydrogen (secondary N) is 1. The normalized spacial score (nSPS) is 12.8. The first-order valence-corrected chi connectivity index (χ1v) is 13.2. The van der Waals surface area contributed by atoms with E-state index in [1.165, 1.54) is 0 Å². The molecule has 1 heterocycles. The highest BCUT2D eigenvalue weighted by molar-refractivity contribution is 6.35. The molecule has 0 aliphatic heterocycles. The molecular formula is C28H26Cl4N3O2+. The lowest BCUT2D eigenvalue weighted by Gasteiger charge is -2.19. The monoisotopic (exact) mass is 576 g/mol. The molecule has 2 atom stereocenters. The smallest absolute Gasteiger partial charge is 0.269 e. The summed E-state index contributed by atoms with van der Waals surface area (Å²) < 4.78 is 10.1. The molecule has 0 aliphatic rings. The van der Waals surface area contributed by atoms with Gasteiger partial charge in [-0.05, 0) is 55.3 Å². The average Bonchev–Trinajstić information content (AvgIpc) is 3.32. The Morgan fingerprint density at radius 2 is 1.70 bits per heavy atom. The van der Waals surface area contributed by atoms with Gasteiger partial charge in [-0.3, -0.25) is 4.79 Å². The molecule has 0 fully saturated rings. The van der Waals surface area contributed by atoms with Gasteiger partial charge in [0.25, 0.3) is 5.91 Å². The first kappa shape index (κ1) is 27.5. The molecule has 1 N–H and O–H groups in total. The molecule has 0 spiro atoms. The number of nitrogens with zero attached hydrogens (tertiary/aromatic N) is 2. The molecule has 37 heavy (non-hydrogen) atoms. The third-order valence-corrected chi connectivity index (χ3v) is 7.23. The van der Waals surface area contributed by atoms with Crippen molar-refractivity contribution < 1.29 is 14.1 Å². The average molecular weight is 578 g/mol. The summed E-state index contributed by atoms with van der Waals surface area (Å²) in [5, 5.41) is 5.13. The van der Waals surface area contributed by atoms with Crippen molar-refractivity contribution in [3.05, 3.63) is 116 Å². The van der Waals surface area contributed by atoms with Crippen LogP contribution in [-0.2, 0) is 22.7 Å². The van der Waals surface area contributed by atoms with E-state index in [9.17, 15) is 4.79 Å². The molecule has 1 aromatic heterocycles. The highest BCUT2D eigenvalue weighted by Gasteiger charge is 2.24. The maximum absolute atomic E-state index is 12.9. The largest absolute Gasteiger partial charge is 0.365 e. The van der Waals surface area contributed by atoms with E-state index in [1.807, 2.05) is 78.1 Å². The highest BCUT2D eigenvalue weighted by atomic mass is 35.5. The number of benzene rings is 3. The summed E-state index contributed by atoms with van der Waals surface area (Å²) >= 11 is 25.0. The molecule has 0 bridgehead atoms. The van der Waals surface area contributed by atoms with Gasteiger partial charge < -0.3 is 10.1 Å². The molecule has 4 aromatic rings. The molecule has 192 valence electrons. The van der Waals surface area contributed by atoms with Crippen LogP contribution in [0.1, 0.15) is 35.8 Å². The molecule has 5 nitrogen and oxygen atoms in total. The number of aromatic nitrogens is 2. The number of carbonyl (C=O) groups is 1. The second kappa shape index (κ2) is 12.3. The summed E-state index contributed by atoms with van der Waals surface area (Å²) in [7, 11) is 0. The Morgan fingerprint density at radius 3 is 2.41 bits per heavy atom. The fraction of sp³-hybridized carbons (Fsp3) is 0.214. The number of rotatable bonds is 9. The molecule has 0 aliphatic carbocycles. The minimum atomic E-state index is -0.424. The van der Waals surface area contributed by atoms with Gasteiger partial charge in [-0.15, -0.1) is 0 Å². The Balaban J connectivity index is 1.51. The second-order valence-corrected chi connectivity index (χ2v) is 10.4. The number of halogens is 4. The first-order valence-electron chi connectivity index (χ1n) is 11.6. The van der Waals surface area contributed by atoms with Crippen molar-refractivity contribution in [1.82, 2.24) is 4.57 Å². The van der Waals surface area contributed by atoms with Crippen molar-refractivity contribution in [2.24, 2.45) is 0 Å². The number of amides is 1. The maximum atomic E-state index is 12.9.